The van der Waals surface area contributed by atoms with Crippen LogP contribution >= 0.6 is 0 Å². The fraction of sp³-hybridized carbons (Fsp3) is 0.455. The van der Waals surface area contributed by atoms with Crippen LogP contribution in [0.4, 0.5) is 0 Å². The summed E-state index contributed by atoms with van der Waals surface area (Å²) in [4.78, 5) is 104. The zero-order valence-corrected chi connectivity index (χ0v) is 30.8. The van der Waals surface area contributed by atoms with Crippen LogP contribution in [-0.2, 0) is 46.4 Å². The van der Waals surface area contributed by atoms with Gasteiger partial charge in [0.05, 0.1) is 25.3 Å². The summed E-state index contributed by atoms with van der Waals surface area (Å²) in [7, 11) is 0. The van der Waals surface area contributed by atoms with Gasteiger partial charge in [-0.15, -0.1) is 0 Å². The Labute approximate surface area is 325 Å². The number of carboxylic acids is 2. The minimum absolute atomic E-state index is 0.00977. The SMILES string of the molecule is NC(N)=NCCC[C@H](NC(=O)[C@@H](N)CCCN=C(N)N)C(=O)NCC(=O)N[C@@H](CC(=O)O)C(=O)N[C@@H](Cc1ccc(O)cc1)C(=O)N[C@@H](Cc1cnc[nH]1)C(=O)O. The molecule has 19 N–H and O–H groups in total. The molecule has 1 aromatic carbocycles. The number of guanidine groups is 2. The fourth-order valence-electron chi connectivity index (χ4n) is 5.06. The van der Waals surface area contributed by atoms with Crippen LogP contribution in [-0.4, -0.2) is 129 Å². The van der Waals surface area contributed by atoms with Crippen molar-refractivity contribution >= 4 is 53.4 Å². The van der Waals surface area contributed by atoms with Crippen LogP contribution in [0.2, 0.25) is 0 Å². The first-order valence-corrected chi connectivity index (χ1v) is 17.5. The van der Waals surface area contributed by atoms with E-state index in [2.05, 4.69) is 46.5 Å². The number of phenols is 1. The predicted molar refractivity (Wildman–Crippen MR) is 203 cm³/mol. The van der Waals surface area contributed by atoms with Gasteiger partial charge in [-0.3, -0.25) is 38.8 Å². The van der Waals surface area contributed by atoms with Crippen molar-refractivity contribution in [3.63, 3.8) is 0 Å². The van der Waals surface area contributed by atoms with Crippen molar-refractivity contribution in [3.05, 3.63) is 48.0 Å². The molecule has 2 aromatic rings. The third-order valence-electron chi connectivity index (χ3n) is 7.94. The maximum atomic E-state index is 13.5. The highest BCUT2D eigenvalue weighted by molar-refractivity contribution is 5.96. The highest BCUT2D eigenvalue weighted by atomic mass is 16.4. The predicted octanol–water partition coefficient (Wildman–Crippen LogP) is -5.05. The van der Waals surface area contributed by atoms with Gasteiger partial charge in [-0.05, 0) is 43.4 Å². The summed E-state index contributed by atoms with van der Waals surface area (Å²) in [5, 5.41) is 40.7. The molecule has 24 heteroatoms. The Balaban J connectivity index is 2.17. The van der Waals surface area contributed by atoms with E-state index >= 15 is 0 Å². The second-order valence-corrected chi connectivity index (χ2v) is 12.6. The lowest BCUT2D eigenvalue weighted by atomic mass is 10.0. The Hall–Kier alpha value is -6.98. The summed E-state index contributed by atoms with van der Waals surface area (Å²) in [6, 6.07) is -1.49. The normalized spacial score (nSPS) is 13.3. The number of hydrogen-bond donors (Lipinski definition) is 14. The number of imidazole rings is 1. The van der Waals surface area contributed by atoms with E-state index in [4.69, 9.17) is 28.7 Å². The van der Waals surface area contributed by atoms with Crippen molar-refractivity contribution in [1.29, 1.82) is 0 Å². The van der Waals surface area contributed by atoms with Crippen LogP contribution in [0.15, 0.2) is 46.8 Å². The maximum Gasteiger partial charge on any atom is 0.326 e. The van der Waals surface area contributed by atoms with Crippen molar-refractivity contribution in [2.24, 2.45) is 38.7 Å². The van der Waals surface area contributed by atoms with Gasteiger partial charge in [-0.1, -0.05) is 12.1 Å². The number of rotatable bonds is 25. The number of carbonyl (C=O) groups excluding carboxylic acids is 5. The molecule has 1 aromatic heterocycles. The number of hydrogen-bond acceptors (Lipinski definition) is 12. The molecule has 1 heterocycles. The topological polar surface area (TPSA) is 424 Å². The van der Waals surface area contributed by atoms with E-state index in [-0.39, 0.29) is 62.9 Å². The summed E-state index contributed by atoms with van der Waals surface area (Å²) in [6.45, 7) is -0.462. The molecular formula is C33H50N14O10. The molecule has 0 spiro atoms. The van der Waals surface area contributed by atoms with Gasteiger partial charge in [0.15, 0.2) is 11.9 Å². The first-order valence-electron chi connectivity index (χ1n) is 17.5. The highest BCUT2D eigenvalue weighted by Gasteiger charge is 2.32. The number of carboxylic acid groups (broad SMARTS) is 2. The van der Waals surface area contributed by atoms with Crippen LogP contribution < -0.4 is 55.3 Å². The molecule has 24 nitrogen and oxygen atoms in total. The molecule has 2 rings (SSSR count). The third-order valence-corrected chi connectivity index (χ3v) is 7.94. The standard InChI is InChI=1S/C33H50N14O10/c34-20(3-1-9-40-32(35)36)27(52)45-21(4-2-10-41-33(37)38)28(53)42-15-25(49)44-23(13-26(50)51)30(55)46-22(11-17-5-7-19(48)8-6-17)29(54)47-24(31(56)57)12-18-14-39-16-43-18/h5-8,14,16,20-24,48H,1-4,9-13,15,34H2,(H,39,43)(H,42,53)(H,44,49)(H,45,52)(H,46,55)(H,47,54)(H,50,51)(H,56,57)(H4,35,36,40)(H4,37,38,41)/t20-,21-,22-,23-,24-/m0/s1. The number of nitrogens with one attached hydrogen (secondary N) is 6. The molecule has 0 aliphatic rings. The van der Waals surface area contributed by atoms with Gasteiger partial charge in [0.1, 0.15) is 29.9 Å². The lowest BCUT2D eigenvalue weighted by molar-refractivity contribution is -0.143. The lowest BCUT2D eigenvalue weighted by Gasteiger charge is -2.24. The van der Waals surface area contributed by atoms with Gasteiger partial charge in [0.2, 0.25) is 29.5 Å². The molecular weight excluding hydrogens is 752 g/mol. The summed E-state index contributed by atoms with van der Waals surface area (Å²) >= 11 is 0. The average Bonchev–Trinajstić information content (AvgIpc) is 3.66. The van der Waals surface area contributed by atoms with Crippen LogP contribution in [0.1, 0.15) is 43.4 Å². The van der Waals surface area contributed by atoms with E-state index in [1.807, 2.05) is 0 Å². The van der Waals surface area contributed by atoms with Crippen LogP contribution in [0.5, 0.6) is 5.75 Å². The third kappa shape index (κ3) is 18.3. The Morgan fingerprint density at radius 2 is 1.30 bits per heavy atom. The van der Waals surface area contributed by atoms with Crippen molar-refractivity contribution in [1.82, 2.24) is 36.6 Å². The minimum Gasteiger partial charge on any atom is -0.508 e. The minimum atomic E-state index is -1.78. The van der Waals surface area contributed by atoms with Crippen LogP contribution in [0.3, 0.4) is 0 Å². The molecule has 0 saturated heterocycles. The van der Waals surface area contributed by atoms with Gasteiger partial charge in [0, 0.05) is 37.8 Å². The number of aliphatic carboxylic acids is 2. The van der Waals surface area contributed by atoms with E-state index < -0.39 is 84.6 Å². The van der Waals surface area contributed by atoms with Gasteiger partial charge < -0.3 is 75.6 Å². The Bertz CT molecular complexity index is 1730. The number of carbonyl (C=O) groups is 7. The Morgan fingerprint density at radius 3 is 1.86 bits per heavy atom. The van der Waals surface area contributed by atoms with Crippen LogP contribution in [0, 0.1) is 0 Å². The molecule has 0 unspecified atom stereocenters. The average molecular weight is 803 g/mol. The molecule has 0 fully saturated rings. The molecule has 0 saturated carbocycles. The lowest BCUT2D eigenvalue weighted by Crippen LogP contribution is -2.58. The van der Waals surface area contributed by atoms with Crippen molar-refractivity contribution in [3.8, 4) is 5.75 Å². The number of nitrogens with zero attached hydrogens (tertiary/aromatic N) is 3. The van der Waals surface area contributed by atoms with Gasteiger partial charge in [-0.2, -0.15) is 0 Å². The molecule has 312 valence electrons. The number of aromatic amines is 1. The summed E-state index contributed by atoms with van der Waals surface area (Å²) in [6.07, 6.45) is 2.04. The molecule has 5 atom stereocenters. The summed E-state index contributed by atoms with van der Waals surface area (Å²) in [5.74, 6) is -7.95. The van der Waals surface area contributed by atoms with E-state index in [9.17, 15) is 48.9 Å². The fourth-order valence-corrected chi connectivity index (χ4v) is 5.06. The molecule has 0 aliphatic carbocycles. The zero-order valence-electron chi connectivity index (χ0n) is 30.8. The quantitative estimate of drug-likeness (QED) is 0.0254. The van der Waals surface area contributed by atoms with E-state index in [0.717, 1.165) is 0 Å². The number of H-pyrrole nitrogens is 1. The Morgan fingerprint density at radius 1 is 0.719 bits per heavy atom. The summed E-state index contributed by atoms with van der Waals surface area (Å²) in [5.41, 5.74) is 28.0. The zero-order chi connectivity index (χ0) is 42.5. The largest absolute Gasteiger partial charge is 0.508 e. The monoisotopic (exact) mass is 802 g/mol. The van der Waals surface area contributed by atoms with E-state index in [0.29, 0.717) is 17.7 Å². The second-order valence-electron chi connectivity index (χ2n) is 12.6. The maximum absolute atomic E-state index is 13.5. The molecule has 0 radical (unpaired) electrons. The number of amides is 5. The number of aromatic hydroxyl groups is 1. The smallest absolute Gasteiger partial charge is 0.326 e. The molecule has 0 bridgehead atoms. The van der Waals surface area contributed by atoms with Crippen molar-refractivity contribution < 1.29 is 48.9 Å². The number of phenolic OH excluding ortho intramolecular Hbond substituents is 1. The first-order chi connectivity index (χ1) is 26.9. The molecule has 57 heavy (non-hydrogen) atoms. The van der Waals surface area contributed by atoms with Gasteiger partial charge in [-0.25, -0.2) is 9.78 Å². The molecule has 0 aliphatic heterocycles. The van der Waals surface area contributed by atoms with Crippen molar-refractivity contribution in [2.45, 2.75) is 75.2 Å². The van der Waals surface area contributed by atoms with Crippen molar-refractivity contribution in [2.75, 3.05) is 19.6 Å². The van der Waals surface area contributed by atoms with Crippen LogP contribution in [0.25, 0.3) is 0 Å². The molecule has 5 amide bonds. The summed E-state index contributed by atoms with van der Waals surface area (Å²) < 4.78 is 0. The first kappa shape index (κ1) is 46.2. The number of nitrogens with two attached hydrogens (primary N) is 5. The number of benzene rings is 1. The number of aromatic nitrogens is 2. The van der Waals surface area contributed by atoms with Gasteiger partial charge in [0.25, 0.3) is 0 Å². The Kier molecular flexibility index (Phi) is 19.2. The number of aliphatic imine (C=N–C) groups is 2. The van der Waals surface area contributed by atoms with Gasteiger partial charge >= 0.3 is 11.9 Å². The van der Waals surface area contributed by atoms with E-state index in [1.165, 1.54) is 36.8 Å². The van der Waals surface area contributed by atoms with E-state index in [1.54, 1.807) is 0 Å². The highest BCUT2D eigenvalue weighted by Crippen LogP contribution is 2.12. The second kappa shape index (κ2) is 23.7.